The Morgan fingerprint density at radius 2 is 2.00 bits per heavy atom. The molecule has 0 saturated carbocycles. The van der Waals surface area contributed by atoms with Crippen molar-refractivity contribution in [2.24, 2.45) is 5.92 Å². The molecular formula is C23H23N5O5. The number of nitrogen functional groups attached to an aromatic ring is 1. The van der Waals surface area contributed by atoms with Crippen LogP contribution in [-0.2, 0) is 32.7 Å². The number of nitrogens with two attached hydrogens (primary N) is 1. The van der Waals surface area contributed by atoms with Gasteiger partial charge in [-0.3, -0.25) is 4.79 Å². The number of nitrogens with zero attached hydrogens (tertiary/aromatic N) is 4. The van der Waals surface area contributed by atoms with Crippen LogP contribution in [0.3, 0.4) is 0 Å². The largest absolute Gasteiger partial charge is 0.463 e. The van der Waals surface area contributed by atoms with E-state index >= 15 is 0 Å². The highest BCUT2D eigenvalue weighted by Gasteiger charge is 2.57. The highest BCUT2D eigenvalue weighted by Crippen LogP contribution is 2.40. The van der Waals surface area contributed by atoms with Crippen molar-refractivity contribution in [2.45, 2.75) is 43.2 Å². The fraction of sp³-hybridized carbons (Fsp3) is 0.391. The number of aliphatic hydroxyl groups is 2. The van der Waals surface area contributed by atoms with Gasteiger partial charge in [-0.1, -0.05) is 24.3 Å². The van der Waals surface area contributed by atoms with Crippen LogP contribution in [0.2, 0.25) is 0 Å². The average Bonchev–Trinajstić information content (AvgIpc) is 3.49. The fourth-order valence-corrected chi connectivity index (χ4v) is 4.81. The van der Waals surface area contributed by atoms with Crippen LogP contribution >= 0.6 is 0 Å². The number of ether oxygens (including phenoxy) is 2. The van der Waals surface area contributed by atoms with Crippen LogP contribution in [0.5, 0.6) is 0 Å². The SMILES string of the molecule is N#C[C@@]1(c2ccc3c(N)ncnn23)O[C@H](COC(=O)CC2Cc3ccccc3C2)[C@@H](O)[C@H]1O. The summed E-state index contributed by atoms with van der Waals surface area (Å²) in [6.07, 6.45) is -1.04. The van der Waals surface area contributed by atoms with Crippen LogP contribution in [0.1, 0.15) is 23.2 Å². The zero-order valence-corrected chi connectivity index (χ0v) is 17.7. The summed E-state index contributed by atoms with van der Waals surface area (Å²) >= 11 is 0. The Kier molecular flexibility index (Phi) is 5.25. The molecule has 1 aromatic carbocycles. The number of esters is 1. The Hall–Kier alpha value is -3.52. The fourth-order valence-electron chi connectivity index (χ4n) is 4.81. The van der Waals surface area contributed by atoms with E-state index in [4.69, 9.17) is 15.2 Å². The molecule has 2 aliphatic rings. The summed E-state index contributed by atoms with van der Waals surface area (Å²) < 4.78 is 12.5. The van der Waals surface area contributed by atoms with Gasteiger partial charge in [-0.05, 0) is 42.0 Å². The van der Waals surface area contributed by atoms with Gasteiger partial charge < -0.3 is 25.4 Å². The normalized spacial score (nSPS) is 26.9. The van der Waals surface area contributed by atoms with Crippen LogP contribution in [-0.4, -0.2) is 55.7 Å². The van der Waals surface area contributed by atoms with Gasteiger partial charge in [0.2, 0.25) is 5.60 Å². The van der Waals surface area contributed by atoms with E-state index in [1.807, 2.05) is 18.2 Å². The van der Waals surface area contributed by atoms with E-state index in [1.165, 1.54) is 28.0 Å². The number of rotatable bonds is 5. The third-order valence-electron chi connectivity index (χ3n) is 6.49. The van der Waals surface area contributed by atoms with Crippen LogP contribution < -0.4 is 5.73 Å². The molecule has 1 aliphatic carbocycles. The average molecular weight is 449 g/mol. The minimum atomic E-state index is -1.92. The summed E-state index contributed by atoms with van der Waals surface area (Å²) in [4.78, 5) is 16.3. The molecular weight excluding hydrogens is 426 g/mol. The molecule has 3 heterocycles. The van der Waals surface area contributed by atoms with Crippen LogP contribution in [0.25, 0.3) is 5.52 Å². The van der Waals surface area contributed by atoms with Crippen molar-refractivity contribution in [2.75, 3.05) is 12.3 Å². The second kappa shape index (κ2) is 8.12. The van der Waals surface area contributed by atoms with Crippen LogP contribution in [0.15, 0.2) is 42.7 Å². The van der Waals surface area contributed by atoms with E-state index in [0.29, 0.717) is 5.52 Å². The van der Waals surface area contributed by atoms with Gasteiger partial charge in [0.25, 0.3) is 0 Å². The second-order valence-electron chi connectivity index (χ2n) is 8.53. The van der Waals surface area contributed by atoms with E-state index in [-0.39, 0.29) is 30.5 Å². The lowest BCUT2D eigenvalue weighted by atomic mass is 9.92. The van der Waals surface area contributed by atoms with Crippen LogP contribution in [0, 0.1) is 17.2 Å². The van der Waals surface area contributed by atoms with Gasteiger partial charge in [0, 0.05) is 6.42 Å². The lowest BCUT2D eigenvalue weighted by molar-refractivity contribution is -0.151. The Bertz CT molecular complexity index is 1230. The van der Waals surface area contributed by atoms with Gasteiger partial charge in [-0.2, -0.15) is 10.4 Å². The first-order chi connectivity index (χ1) is 15.9. The summed E-state index contributed by atoms with van der Waals surface area (Å²) in [6, 6.07) is 13.2. The zero-order chi connectivity index (χ0) is 23.2. The number of aliphatic hydroxyl groups excluding tert-OH is 2. The number of anilines is 1. The van der Waals surface area contributed by atoms with Crippen molar-refractivity contribution in [1.82, 2.24) is 14.6 Å². The quantitative estimate of drug-likeness (QED) is 0.472. The summed E-state index contributed by atoms with van der Waals surface area (Å²) in [5, 5.41) is 35.4. The first kappa shape index (κ1) is 21.3. The van der Waals surface area contributed by atoms with E-state index < -0.39 is 29.9 Å². The van der Waals surface area contributed by atoms with E-state index in [2.05, 4.69) is 22.2 Å². The van der Waals surface area contributed by atoms with Crippen molar-refractivity contribution in [1.29, 1.82) is 5.26 Å². The minimum Gasteiger partial charge on any atom is -0.463 e. The molecule has 10 nitrogen and oxygen atoms in total. The lowest BCUT2D eigenvalue weighted by Crippen LogP contribution is -2.41. The molecule has 4 atom stereocenters. The Balaban J connectivity index is 1.27. The number of benzene rings is 1. The molecule has 33 heavy (non-hydrogen) atoms. The highest BCUT2D eigenvalue weighted by molar-refractivity contribution is 5.70. The number of fused-ring (bicyclic) bond motifs is 2. The molecule has 4 N–H and O–H groups in total. The van der Waals surface area contributed by atoms with Crippen molar-refractivity contribution in [3.8, 4) is 6.07 Å². The summed E-state index contributed by atoms with van der Waals surface area (Å²) in [5.41, 5.74) is 7.05. The summed E-state index contributed by atoms with van der Waals surface area (Å²) in [7, 11) is 0. The molecule has 0 amide bonds. The van der Waals surface area contributed by atoms with Gasteiger partial charge >= 0.3 is 5.97 Å². The number of aromatic nitrogens is 3. The Labute approximate surface area is 189 Å². The van der Waals surface area contributed by atoms with Crippen molar-refractivity contribution < 1.29 is 24.5 Å². The zero-order valence-electron chi connectivity index (χ0n) is 17.7. The maximum Gasteiger partial charge on any atom is 0.306 e. The minimum absolute atomic E-state index is 0.158. The van der Waals surface area contributed by atoms with Gasteiger partial charge in [0.1, 0.15) is 42.8 Å². The molecule has 170 valence electrons. The first-order valence-corrected chi connectivity index (χ1v) is 10.7. The molecule has 0 bridgehead atoms. The maximum atomic E-state index is 12.4. The maximum absolute atomic E-state index is 12.4. The molecule has 2 aromatic heterocycles. The Morgan fingerprint density at radius 3 is 2.70 bits per heavy atom. The van der Waals surface area contributed by atoms with Gasteiger partial charge in [0.05, 0.1) is 5.69 Å². The first-order valence-electron chi connectivity index (χ1n) is 10.7. The third-order valence-corrected chi connectivity index (χ3v) is 6.49. The van der Waals surface area contributed by atoms with E-state index in [0.717, 1.165) is 12.8 Å². The Morgan fingerprint density at radius 1 is 1.27 bits per heavy atom. The molecule has 0 radical (unpaired) electrons. The van der Waals surface area contributed by atoms with Gasteiger partial charge in [-0.25, -0.2) is 9.50 Å². The van der Waals surface area contributed by atoms with Crippen LogP contribution in [0.4, 0.5) is 5.82 Å². The monoisotopic (exact) mass is 449 g/mol. The predicted octanol–water partition coefficient (Wildman–Crippen LogP) is 0.499. The number of carbonyl (C=O) groups is 1. The molecule has 0 spiro atoms. The topological polar surface area (TPSA) is 156 Å². The van der Waals surface area contributed by atoms with Gasteiger partial charge in [0.15, 0.2) is 5.82 Å². The van der Waals surface area contributed by atoms with Crippen molar-refractivity contribution in [3.05, 3.63) is 59.5 Å². The highest BCUT2D eigenvalue weighted by atomic mass is 16.6. The van der Waals surface area contributed by atoms with Crippen molar-refractivity contribution in [3.63, 3.8) is 0 Å². The summed E-state index contributed by atoms with van der Waals surface area (Å²) in [6.45, 7) is -0.291. The lowest BCUT2D eigenvalue weighted by Gasteiger charge is -2.24. The van der Waals surface area contributed by atoms with E-state index in [9.17, 15) is 20.3 Å². The number of hydrogen-bond acceptors (Lipinski definition) is 9. The predicted molar refractivity (Wildman–Crippen MR) is 114 cm³/mol. The number of carbonyl (C=O) groups excluding carboxylic acids is 1. The number of hydrogen-bond donors (Lipinski definition) is 3. The van der Waals surface area contributed by atoms with Gasteiger partial charge in [-0.15, -0.1) is 0 Å². The molecule has 1 saturated heterocycles. The smallest absolute Gasteiger partial charge is 0.306 e. The molecule has 3 aromatic rings. The molecule has 10 heteroatoms. The number of nitriles is 1. The molecule has 0 unspecified atom stereocenters. The van der Waals surface area contributed by atoms with Crippen molar-refractivity contribution >= 4 is 17.3 Å². The standard InChI is InChI=1S/C23H23N5O5/c24-11-23(18-6-5-16-22(25)26-12-27-28(16)18)21(31)20(30)17(33-23)10-32-19(29)9-13-7-14-3-1-2-4-15(14)8-13/h1-6,12-13,17,20-21,30-31H,7-10H2,(H2,25,26,27)/t17-,20-,21-,23+/m1/s1. The molecule has 1 aliphatic heterocycles. The molecule has 1 fully saturated rings. The third kappa shape index (κ3) is 3.51. The second-order valence-corrected chi connectivity index (χ2v) is 8.53. The summed E-state index contributed by atoms with van der Waals surface area (Å²) in [5.74, 6) is -0.0662. The van der Waals surface area contributed by atoms with E-state index in [1.54, 1.807) is 6.07 Å². The molecule has 5 rings (SSSR count).